The highest BCUT2D eigenvalue weighted by atomic mass is 79.9. The summed E-state index contributed by atoms with van der Waals surface area (Å²) in [4.78, 5) is 16.1. The molecule has 0 bridgehead atoms. The van der Waals surface area contributed by atoms with E-state index in [-0.39, 0.29) is 12.1 Å². The molecule has 0 unspecified atom stereocenters. The number of ether oxygens (including phenoxy) is 1. The van der Waals surface area contributed by atoms with Crippen molar-refractivity contribution in [3.63, 3.8) is 0 Å². The van der Waals surface area contributed by atoms with Gasteiger partial charge in [-0.2, -0.15) is 0 Å². The first-order valence-corrected chi connectivity index (χ1v) is 8.54. The van der Waals surface area contributed by atoms with Crippen molar-refractivity contribution in [3.8, 4) is 17.1 Å². The van der Waals surface area contributed by atoms with Crippen molar-refractivity contribution in [2.24, 2.45) is 0 Å². The van der Waals surface area contributed by atoms with Crippen LogP contribution >= 0.6 is 15.9 Å². The van der Waals surface area contributed by atoms with Crippen LogP contribution < -0.4 is 10.1 Å². The highest BCUT2D eigenvalue weighted by Crippen LogP contribution is 2.26. The van der Waals surface area contributed by atoms with Gasteiger partial charge < -0.3 is 15.0 Å². The molecular formula is C17H16BrN5O. The number of H-pyrrole nitrogens is 1. The Morgan fingerprint density at radius 2 is 1.96 bits per heavy atom. The van der Waals surface area contributed by atoms with Gasteiger partial charge in [0.15, 0.2) is 0 Å². The van der Waals surface area contributed by atoms with Crippen LogP contribution in [-0.4, -0.2) is 32.6 Å². The second-order valence-electron chi connectivity index (χ2n) is 5.67. The van der Waals surface area contributed by atoms with Crippen LogP contribution in [-0.2, 0) is 0 Å². The van der Waals surface area contributed by atoms with Gasteiger partial charge in [-0.15, -0.1) is 0 Å². The Kier molecular flexibility index (Phi) is 4.27. The number of hydrogen-bond donors (Lipinski definition) is 2. The molecule has 2 aromatic heterocycles. The molecule has 1 aliphatic rings. The van der Waals surface area contributed by atoms with E-state index in [4.69, 9.17) is 4.74 Å². The van der Waals surface area contributed by atoms with E-state index in [0.29, 0.717) is 5.88 Å². The minimum atomic E-state index is 0.0629. The zero-order chi connectivity index (χ0) is 16.4. The predicted molar refractivity (Wildman–Crippen MR) is 93.5 cm³/mol. The number of nitrogens with one attached hydrogen (secondary N) is 2. The highest BCUT2D eigenvalue weighted by Gasteiger charge is 2.29. The Morgan fingerprint density at radius 1 is 1.08 bits per heavy atom. The molecule has 24 heavy (non-hydrogen) atoms. The molecule has 0 saturated carbocycles. The maximum Gasteiger partial charge on any atom is 0.232 e. The molecule has 0 radical (unpaired) electrons. The first-order chi connectivity index (χ1) is 11.8. The fourth-order valence-electron chi connectivity index (χ4n) is 2.81. The number of aromatic nitrogens is 4. The van der Waals surface area contributed by atoms with E-state index in [1.807, 2.05) is 18.3 Å². The minimum absolute atomic E-state index is 0.0629. The zero-order valence-electron chi connectivity index (χ0n) is 12.8. The fraction of sp³-hybridized carbons (Fsp3) is 0.235. The van der Waals surface area contributed by atoms with Crippen LogP contribution in [0.1, 0.15) is 18.3 Å². The molecule has 6 nitrogen and oxygen atoms in total. The molecule has 0 amide bonds. The number of benzene rings is 1. The molecular weight excluding hydrogens is 370 g/mol. The van der Waals surface area contributed by atoms with Crippen LogP contribution in [0.5, 0.6) is 5.88 Å². The molecule has 1 aliphatic heterocycles. The van der Waals surface area contributed by atoms with Crippen molar-refractivity contribution in [2.75, 3.05) is 6.54 Å². The van der Waals surface area contributed by atoms with Crippen molar-refractivity contribution in [2.45, 2.75) is 18.6 Å². The van der Waals surface area contributed by atoms with Gasteiger partial charge in [-0.05, 0) is 17.7 Å². The second-order valence-corrected chi connectivity index (χ2v) is 6.58. The van der Waals surface area contributed by atoms with Crippen molar-refractivity contribution in [3.05, 3.63) is 59.3 Å². The Labute approximate surface area is 147 Å². The summed E-state index contributed by atoms with van der Waals surface area (Å²) in [6.07, 6.45) is 7.67. The van der Waals surface area contributed by atoms with Crippen molar-refractivity contribution in [1.29, 1.82) is 0 Å². The van der Waals surface area contributed by atoms with Crippen LogP contribution in [0.25, 0.3) is 11.3 Å². The SMILES string of the molecule is Brc1ccc(-c2cnc([C@@H]3C[C@H](Oc4cnccn4)CN3)[nH]2)cc1. The van der Waals surface area contributed by atoms with E-state index < -0.39 is 0 Å². The maximum atomic E-state index is 5.85. The normalized spacial score (nSPS) is 20.2. The molecule has 2 N–H and O–H groups in total. The summed E-state index contributed by atoms with van der Waals surface area (Å²) < 4.78 is 6.91. The van der Waals surface area contributed by atoms with Crippen LogP contribution in [0.15, 0.2) is 53.5 Å². The van der Waals surface area contributed by atoms with Gasteiger partial charge in [-0.3, -0.25) is 4.98 Å². The van der Waals surface area contributed by atoms with E-state index >= 15 is 0 Å². The summed E-state index contributed by atoms with van der Waals surface area (Å²) in [6, 6.07) is 8.31. The third kappa shape index (κ3) is 3.32. The zero-order valence-corrected chi connectivity index (χ0v) is 14.4. The van der Waals surface area contributed by atoms with Gasteiger partial charge in [0, 0.05) is 29.8 Å². The average molecular weight is 386 g/mol. The van der Waals surface area contributed by atoms with Crippen LogP contribution in [0.2, 0.25) is 0 Å². The lowest BCUT2D eigenvalue weighted by Gasteiger charge is -2.10. The number of hydrogen-bond acceptors (Lipinski definition) is 5. The van der Waals surface area contributed by atoms with Gasteiger partial charge in [0.25, 0.3) is 0 Å². The maximum absolute atomic E-state index is 5.85. The number of aromatic amines is 1. The van der Waals surface area contributed by atoms with Gasteiger partial charge in [-0.1, -0.05) is 28.1 Å². The lowest BCUT2D eigenvalue weighted by Crippen LogP contribution is -2.20. The molecule has 0 spiro atoms. The molecule has 1 saturated heterocycles. The summed E-state index contributed by atoms with van der Waals surface area (Å²) in [5.41, 5.74) is 2.12. The molecule has 1 aromatic carbocycles. The highest BCUT2D eigenvalue weighted by molar-refractivity contribution is 9.10. The standard InChI is InChI=1S/C17H16BrN5O/c18-12-3-1-11(2-4-12)15-9-22-17(23-15)14-7-13(8-21-14)24-16-10-19-5-6-20-16/h1-6,9-10,13-14,21H,7-8H2,(H,22,23)/t13-,14-/m0/s1. The topological polar surface area (TPSA) is 75.7 Å². The van der Waals surface area contributed by atoms with E-state index in [0.717, 1.165) is 34.5 Å². The van der Waals surface area contributed by atoms with Crippen molar-refractivity contribution < 1.29 is 4.74 Å². The molecule has 4 rings (SSSR count). The lowest BCUT2D eigenvalue weighted by atomic mass is 10.2. The van der Waals surface area contributed by atoms with Crippen molar-refractivity contribution >= 4 is 15.9 Å². The number of rotatable bonds is 4. The van der Waals surface area contributed by atoms with Crippen LogP contribution in [0.3, 0.4) is 0 Å². The van der Waals surface area contributed by atoms with Gasteiger partial charge in [0.2, 0.25) is 5.88 Å². The molecule has 3 heterocycles. The molecule has 122 valence electrons. The molecule has 1 fully saturated rings. The Balaban J connectivity index is 1.43. The summed E-state index contributed by atoms with van der Waals surface area (Å²) >= 11 is 3.45. The lowest BCUT2D eigenvalue weighted by molar-refractivity contribution is 0.210. The third-order valence-corrected chi connectivity index (χ3v) is 4.53. The summed E-state index contributed by atoms with van der Waals surface area (Å²) in [7, 11) is 0. The van der Waals surface area contributed by atoms with E-state index in [2.05, 4.69) is 53.3 Å². The number of nitrogens with zero attached hydrogens (tertiary/aromatic N) is 3. The Morgan fingerprint density at radius 3 is 2.75 bits per heavy atom. The van der Waals surface area contributed by atoms with E-state index in [9.17, 15) is 0 Å². The summed E-state index contributed by atoms with van der Waals surface area (Å²) in [5, 5.41) is 3.44. The number of halogens is 1. The third-order valence-electron chi connectivity index (χ3n) is 4.00. The fourth-order valence-corrected chi connectivity index (χ4v) is 3.07. The molecule has 0 aliphatic carbocycles. The van der Waals surface area contributed by atoms with Crippen molar-refractivity contribution in [1.82, 2.24) is 25.3 Å². The number of imidazole rings is 1. The first kappa shape index (κ1) is 15.3. The van der Waals surface area contributed by atoms with E-state index in [1.54, 1.807) is 18.6 Å². The van der Waals surface area contributed by atoms with Gasteiger partial charge in [0.05, 0.1) is 24.1 Å². The quantitative estimate of drug-likeness (QED) is 0.721. The molecule has 7 heteroatoms. The first-order valence-electron chi connectivity index (χ1n) is 7.75. The second kappa shape index (κ2) is 6.70. The van der Waals surface area contributed by atoms with Crippen LogP contribution in [0.4, 0.5) is 0 Å². The molecule has 3 aromatic rings. The van der Waals surface area contributed by atoms with Gasteiger partial charge in [-0.25, -0.2) is 9.97 Å². The van der Waals surface area contributed by atoms with Gasteiger partial charge >= 0.3 is 0 Å². The largest absolute Gasteiger partial charge is 0.472 e. The summed E-state index contributed by atoms with van der Waals surface area (Å²) in [6.45, 7) is 0.759. The minimum Gasteiger partial charge on any atom is -0.472 e. The average Bonchev–Trinajstić information content (AvgIpc) is 3.26. The van der Waals surface area contributed by atoms with Gasteiger partial charge in [0.1, 0.15) is 11.9 Å². The van der Waals surface area contributed by atoms with E-state index in [1.165, 1.54) is 0 Å². The summed E-state index contributed by atoms with van der Waals surface area (Å²) in [5.74, 6) is 1.48. The van der Waals surface area contributed by atoms with Crippen LogP contribution in [0, 0.1) is 0 Å². The Bertz CT molecular complexity index is 805. The smallest absolute Gasteiger partial charge is 0.232 e. The molecule has 2 atom stereocenters. The Hall–Kier alpha value is -2.25. The predicted octanol–water partition coefficient (Wildman–Crippen LogP) is 3.11. The monoisotopic (exact) mass is 385 g/mol.